The van der Waals surface area contributed by atoms with Crippen molar-refractivity contribution >= 4 is 11.6 Å². The topological polar surface area (TPSA) is 65.4 Å². The molecule has 29 heavy (non-hydrogen) atoms. The third-order valence-corrected chi connectivity index (χ3v) is 4.96. The molecule has 6 nitrogen and oxygen atoms in total. The van der Waals surface area contributed by atoms with Gasteiger partial charge in [-0.05, 0) is 43.0 Å². The Morgan fingerprint density at radius 2 is 1.97 bits per heavy atom. The normalized spacial score (nSPS) is 17.1. The second kappa shape index (κ2) is 8.92. The smallest absolute Gasteiger partial charge is 0.265 e. The van der Waals surface area contributed by atoms with Gasteiger partial charge in [0.2, 0.25) is 0 Å². The molecule has 2 atom stereocenters. The van der Waals surface area contributed by atoms with Crippen LogP contribution in [0.1, 0.15) is 19.8 Å². The largest absolute Gasteiger partial charge is 0.481 e. The number of hydrogen-bond donors (Lipinski definition) is 1. The van der Waals surface area contributed by atoms with Gasteiger partial charge in [-0.3, -0.25) is 9.48 Å². The summed E-state index contributed by atoms with van der Waals surface area (Å²) in [5.41, 5.74) is 2.90. The SMILES string of the molecule is CC(Oc1ccc(-c2ccccc2)cc1)C(=O)Nc1cnn(CC2CCCO2)c1. The van der Waals surface area contributed by atoms with Crippen LogP contribution in [0.5, 0.6) is 5.75 Å². The van der Waals surface area contributed by atoms with Crippen molar-refractivity contribution in [2.45, 2.75) is 38.5 Å². The highest BCUT2D eigenvalue weighted by Crippen LogP contribution is 2.23. The Balaban J connectivity index is 1.31. The molecule has 0 saturated carbocycles. The van der Waals surface area contributed by atoms with E-state index in [1.807, 2.05) is 48.7 Å². The molecule has 4 rings (SSSR count). The number of benzene rings is 2. The highest BCUT2D eigenvalue weighted by molar-refractivity contribution is 5.93. The number of aromatic nitrogens is 2. The molecule has 6 heteroatoms. The van der Waals surface area contributed by atoms with Crippen molar-refractivity contribution in [2.24, 2.45) is 0 Å². The van der Waals surface area contributed by atoms with Gasteiger partial charge in [0.25, 0.3) is 5.91 Å². The van der Waals surface area contributed by atoms with E-state index in [9.17, 15) is 4.79 Å². The maximum Gasteiger partial charge on any atom is 0.265 e. The summed E-state index contributed by atoms with van der Waals surface area (Å²) in [5, 5.41) is 7.15. The second-order valence-corrected chi connectivity index (χ2v) is 7.23. The third-order valence-electron chi connectivity index (χ3n) is 4.96. The van der Waals surface area contributed by atoms with E-state index in [2.05, 4.69) is 22.5 Å². The van der Waals surface area contributed by atoms with Gasteiger partial charge in [0.15, 0.2) is 6.10 Å². The molecule has 0 spiro atoms. The lowest BCUT2D eigenvalue weighted by Gasteiger charge is -2.14. The van der Waals surface area contributed by atoms with Crippen molar-refractivity contribution < 1.29 is 14.3 Å². The fraction of sp³-hybridized carbons (Fsp3) is 0.304. The van der Waals surface area contributed by atoms with E-state index in [-0.39, 0.29) is 12.0 Å². The number of hydrogen-bond acceptors (Lipinski definition) is 4. The highest BCUT2D eigenvalue weighted by atomic mass is 16.5. The summed E-state index contributed by atoms with van der Waals surface area (Å²) in [6.07, 6.45) is 5.19. The van der Waals surface area contributed by atoms with Gasteiger partial charge in [-0.1, -0.05) is 42.5 Å². The molecule has 1 aromatic heterocycles. The lowest BCUT2D eigenvalue weighted by Crippen LogP contribution is -2.30. The van der Waals surface area contributed by atoms with Crippen LogP contribution >= 0.6 is 0 Å². The zero-order valence-electron chi connectivity index (χ0n) is 16.5. The minimum absolute atomic E-state index is 0.208. The summed E-state index contributed by atoms with van der Waals surface area (Å²) in [5.74, 6) is 0.440. The van der Waals surface area contributed by atoms with E-state index in [1.165, 1.54) is 0 Å². The van der Waals surface area contributed by atoms with Crippen LogP contribution in [0.3, 0.4) is 0 Å². The number of amides is 1. The number of ether oxygens (including phenoxy) is 2. The van der Waals surface area contributed by atoms with Crippen molar-refractivity contribution in [1.82, 2.24) is 9.78 Å². The molecular weight excluding hydrogens is 366 g/mol. The van der Waals surface area contributed by atoms with Crippen LogP contribution in [0.4, 0.5) is 5.69 Å². The quantitative estimate of drug-likeness (QED) is 0.658. The Morgan fingerprint density at radius 3 is 2.69 bits per heavy atom. The Morgan fingerprint density at radius 1 is 1.21 bits per heavy atom. The first-order valence-corrected chi connectivity index (χ1v) is 9.94. The van der Waals surface area contributed by atoms with Crippen molar-refractivity contribution in [3.8, 4) is 16.9 Å². The Bertz CT molecular complexity index is 932. The van der Waals surface area contributed by atoms with E-state index in [0.717, 1.165) is 30.6 Å². The lowest BCUT2D eigenvalue weighted by atomic mass is 10.1. The average Bonchev–Trinajstić information content (AvgIpc) is 3.42. The van der Waals surface area contributed by atoms with E-state index in [4.69, 9.17) is 9.47 Å². The number of carbonyl (C=O) groups excluding carboxylic acids is 1. The number of nitrogens with zero attached hydrogens (tertiary/aromatic N) is 2. The first-order valence-electron chi connectivity index (χ1n) is 9.94. The van der Waals surface area contributed by atoms with Crippen LogP contribution in [0, 0.1) is 0 Å². The monoisotopic (exact) mass is 391 g/mol. The standard InChI is InChI=1S/C23H25N3O3/c1-17(29-21-11-9-19(10-12-21)18-6-3-2-4-7-18)23(27)25-20-14-24-26(15-20)16-22-8-5-13-28-22/h2-4,6-7,9-12,14-15,17,22H,5,8,13,16H2,1H3,(H,25,27). The van der Waals surface area contributed by atoms with Crippen molar-refractivity contribution in [3.05, 3.63) is 67.0 Å². The molecule has 1 amide bonds. The molecule has 2 heterocycles. The lowest BCUT2D eigenvalue weighted by molar-refractivity contribution is -0.122. The van der Waals surface area contributed by atoms with Gasteiger partial charge in [0, 0.05) is 12.8 Å². The van der Waals surface area contributed by atoms with Gasteiger partial charge in [0.05, 0.1) is 24.5 Å². The van der Waals surface area contributed by atoms with Crippen LogP contribution in [0.2, 0.25) is 0 Å². The van der Waals surface area contributed by atoms with E-state index in [1.54, 1.807) is 17.8 Å². The molecule has 1 N–H and O–H groups in total. The molecule has 150 valence electrons. The predicted octanol–water partition coefficient (Wildman–Crippen LogP) is 4.14. The minimum Gasteiger partial charge on any atom is -0.481 e. The van der Waals surface area contributed by atoms with E-state index < -0.39 is 6.10 Å². The number of carbonyl (C=O) groups is 1. The van der Waals surface area contributed by atoms with Crippen LogP contribution in [-0.4, -0.2) is 34.5 Å². The molecule has 2 aromatic carbocycles. The zero-order valence-corrected chi connectivity index (χ0v) is 16.5. The number of nitrogens with one attached hydrogen (secondary N) is 1. The summed E-state index contributed by atoms with van der Waals surface area (Å²) in [7, 11) is 0. The summed E-state index contributed by atoms with van der Waals surface area (Å²) in [6.45, 7) is 3.25. The van der Waals surface area contributed by atoms with Crippen molar-refractivity contribution in [2.75, 3.05) is 11.9 Å². The summed E-state index contributed by atoms with van der Waals surface area (Å²) < 4.78 is 13.2. The number of anilines is 1. The predicted molar refractivity (Wildman–Crippen MR) is 112 cm³/mol. The molecule has 0 aliphatic carbocycles. The van der Waals surface area contributed by atoms with Crippen LogP contribution in [0.25, 0.3) is 11.1 Å². The number of rotatable bonds is 7. The van der Waals surface area contributed by atoms with Gasteiger partial charge in [-0.25, -0.2) is 0 Å². The first-order chi connectivity index (χ1) is 14.2. The van der Waals surface area contributed by atoms with Gasteiger partial charge in [-0.15, -0.1) is 0 Å². The molecule has 0 radical (unpaired) electrons. The van der Waals surface area contributed by atoms with Crippen LogP contribution in [-0.2, 0) is 16.1 Å². The average molecular weight is 391 g/mol. The minimum atomic E-state index is -0.626. The van der Waals surface area contributed by atoms with E-state index >= 15 is 0 Å². The van der Waals surface area contributed by atoms with Crippen LogP contribution < -0.4 is 10.1 Å². The maximum atomic E-state index is 12.5. The van der Waals surface area contributed by atoms with Gasteiger partial charge in [-0.2, -0.15) is 5.10 Å². The molecule has 3 aromatic rings. The zero-order chi connectivity index (χ0) is 20.1. The highest BCUT2D eigenvalue weighted by Gasteiger charge is 2.18. The molecule has 1 saturated heterocycles. The molecule has 1 aliphatic rings. The van der Waals surface area contributed by atoms with Gasteiger partial charge < -0.3 is 14.8 Å². The van der Waals surface area contributed by atoms with Gasteiger partial charge in [0.1, 0.15) is 5.75 Å². The summed E-state index contributed by atoms with van der Waals surface area (Å²) in [4.78, 5) is 12.5. The molecular formula is C23H25N3O3. The van der Waals surface area contributed by atoms with E-state index in [0.29, 0.717) is 18.0 Å². The Labute approximate surface area is 170 Å². The van der Waals surface area contributed by atoms with Crippen molar-refractivity contribution in [1.29, 1.82) is 0 Å². The van der Waals surface area contributed by atoms with Gasteiger partial charge >= 0.3 is 0 Å². The first kappa shape index (κ1) is 19.2. The maximum absolute atomic E-state index is 12.5. The molecule has 2 unspecified atom stereocenters. The summed E-state index contributed by atoms with van der Waals surface area (Å²) >= 11 is 0. The fourth-order valence-electron chi connectivity index (χ4n) is 3.38. The molecule has 1 aliphatic heterocycles. The molecule has 1 fully saturated rings. The molecule has 0 bridgehead atoms. The Hall–Kier alpha value is -3.12. The van der Waals surface area contributed by atoms with Crippen LogP contribution in [0.15, 0.2) is 67.0 Å². The van der Waals surface area contributed by atoms with Crippen molar-refractivity contribution in [3.63, 3.8) is 0 Å². The summed E-state index contributed by atoms with van der Waals surface area (Å²) in [6, 6.07) is 17.9. The third kappa shape index (κ3) is 5.03. The Kier molecular flexibility index (Phi) is 5.91. The second-order valence-electron chi connectivity index (χ2n) is 7.23. The fourth-order valence-corrected chi connectivity index (χ4v) is 3.38.